The van der Waals surface area contributed by atoms with Gasteiger partial charge >= 0.3 is 0 Å². The van der Waals surface area contributed by atoms with Crippen LogP contribution < -0.4 is 14.8 Å². The monoisotopic (exact) mass is 379 g/mol. The van der Waals surface area contributed by atoms with Crippen molar-refractivity contribution in [3.63, 3.8) is 0 Å². The Labute approximate surface area is 167 Å². The summed E-state index contributed by atoms with van der Waals surface area (Å²) in [6.07, 6.45) is 6.35. The number of ether oxygens (including phenoxy) is 2. The second kappa shape index (κ2) is 8.26. The molecule has 4 nitrogen and oxygen atoms in total. The molecule has 0 bridgehead atoms. The molecule has 0 heterocycles. The number of fused-ring (bicyclic) bond motifs is 3. The molecule has 28 heavy (non-hydrogen) atoms. The zero-order chi connectivity index (χ0) is 19.5. The predicted molar refractivity (Wildman–Crippen MR) is 111 cm³/mol. The van der Waals surface area contributed by atoms with Crippen molar-refractivity contribution in [2.45, 2.75) is 44.4 Å². The Balaban J connectivity index is 1.45. The van der Waals surface area contributed by atoms with Crippen LogP contribution in [-0.4, -0.2) is 26.7 Å². The Morgan fingerprint density at radius 2 is 1.61 bits per heavy atom. The van der Waals surface area contributed by atoms with Crippen molar-refractivity contribution < 1.29 is 14.3 Å². The molecule has 1 saturated carbocycles. The van der Waals surface area contributed by atoms with Crippen LogP contribution in [0, 0.1) is 5.92 Å². The highest BCUT2D eigenvalue weighted by Gasteiger charge is 2.29. The summed E-state index contributed by atoms with van der Waals surface area (Å²) in [5.74, 6) is 2.90. The maximum absolute atomic E-state index is 12.1. The van der Waals surface area contributed by atoms with Crippen LogP contribution >= 0.6 is 0 Å². The van der Waals surface area contributed by atoms with Crippen LogP contribution in [0.5, 0.6) is 11.5 Å². The van der Waals surface area contributed by atoms with E-state index in [2.05, 4.69) is 29.6 Å². The molecule has 148 valence electrons. The highest BCUT2D eigenvalue weighted by atomic mass is 16.5. The van der Waals surface area contributed by atoms with Gasteiger partial charge in [0.15, 0.2) is 0 Å². The summed E-state index contributed by atoms with van der Waals surface area (Å²) in [6.45, 7) is 0.737. The van der Waals surface area contributed by atoms with Gasteiger partial charge < -0.3 is 14.8 Å². The number of hydrogen-bond donors (Lipinski definition) is 1. The van der Waals surface area contributed by atoms with Crippen LogP contribution in [0.2, 0.25) is 0 Å². The smallest absolute Gasteiger partial charge is 0.220 e. The molecule has 2 aliphatic carbocycles. The van der Waals surface area contributed by atoms with Crippen molar-refractivity contribution in [2.75, 3.05) is 20.8 Å². The molecule has 0 saturated heterocycles. The molecular formula is C24H29NO3. The summed E-state index contributed by atoms with van der Waals surface area (Å²) in [7, 11) is 3.42. The number of carbonyl (C=O) groups is 1. The molecule has 2 aromatic rings. The zero-order valence-corrected chi connectivity index (χ0v) is 16.8. The van der Waals surface area contributed by atoms with Crippen LogP contribution in [0.15, 0.2) is 36.4 Å². The van der Waals surface area contributed by atoms with Crippen LogP contribution in [0.3, 0.4) is 0 Å². The standard InChI is InChI=1S/C24H29NO3/c1-27-17-8-10-20-21-11-9-18(28-2)15-23(21)19(22(20)14-17)7-4-12-25-24(26)13-16-5-3-6-16/h8-11,14-16,19H,3-7,12-13H2,1-2H3,(H,25,26). The number of rotatable bonds is 8. The number of hydrogen-bond acceptors (Lipinski definition) is 3. The van der Waals surface area contributed by atoms with Gasteiger partial charge in [-0.15, -0.1) is 0 Å². The van der Waals surface area contributed by atoms with Crippen LogP contribution in [-0.2, 0) is 4.79 Å². The molecule has 0 spiro atoms. The van der Waals surface area contributed by atoms with E-state index in [9.17, 15) is 4.79 Å². The molecule has 0 atom stereocenters. The van der Waals surface area contributed by atoms with Gasteiger partial charge in [-0.05, 0) is 78.1 Å². The van der Waals surface area contributed by atoms with E-state index in [1.807, 2.05) is 12.1 Å². The lowest BCUT2D eigenvalue weighted by atomic mass is 9.83. The Bertz CT molecular complexity index is 803. The number of benzene rings is 2. The van der Waals surface area contributed by atoms with Gasteiger partial charge in [0, 0.05) is 18.9 Å². The molecule has 0 unspecified atom stereocenters. The van der Waals surface area contributed by atoms with E-state index in [4.69, 9.17) is 9.47 Å². The van der Waals surface area contributed by atoms with Gasteiger partial charge in [0.25, 0.3) is 0 Å². The average molecular weight is 380 g/mol. The van der Waals surface area contributed by atoms with Crippen LogP contribution in [0.4, 0.5) is 0 Å². The number of carbonyl (C=O) groups excluding carboxylic acids is 1. The first-order chi connectivity index (χ1) is 13.7. The van der Waals surface area contributed by atoms with E-state index in [1.165, 1.54) is 41.5 Å². The summed E-state index contributed by atoms with van der Waals surface area (Å²) in [5, 5.41) is 3.11. The predicted octanol–water partition coefficient (Wildman–Crippen LogP) is 4.90. The molecule has 1 amide bonds. The van der Waals surface area contributed by atoms with E-state index in [-0.39, 0.29) is 5.91 Å². The molecular weight excluding hydrogens is 350 g/mol. The molecule has 2 aromatic carbocycles. The fourth-order valence-electron chi connectivity index (χ4n) is 4.45. The highest BCUT2D eigenvalue weighted by molar-refractivity contribution is 5.80. The summed E-state index contributed by atoms with van der Waals surface area (Å²) >= 11 is 0. The Morgan fingerprint density at radius 3 is 2.11 bits per heavy atom. The fourth-order valence-corrected chi connectivity index (χ4v) is 4.45. The third-order valence-electron chi connectivity index (χ3n) is 6.25. The summed E-state index contributed by atoms with van der Waals surface area (Å²) in [5.41, 5.74) is 5.17. The number of nitrogens with one attached hydrogen (secondary N) is 1. The second-order valence-electron chi connectivity index (χ2n) is 7.95. The molecule has 1 fully saturated rings. The van der Waals surface area contributed by atoms with Crippen molar-refractivity contribution in [1.29, 1.82) is 0 Å². The highest BCUT2D eigenvalue weighted by Crippen LogP contribution is 2.48. The minimum absolute atomic E-state index is 0.209. The molecule has 4 heteroatoms. The Hall–Kier alpha value is -2.49. The molecule has 1 N–H and O–H groups in total. The Morgan fingerprint density at radius 1 is 1.00 bits per heavy atom. The van der Waals surface area contributed by atoms with Crippen molar-refractivity contribution >= 4 is 5.91 Å². The molecule has 0 aromatic heterocycles. The third kappa shape index (κ3) is 3.73. The first kappa shape index (κ1) is 18.9. The Kier molecular flexibility index (Phi) is 5.56. The molecule has 4 rings (SSSR count). The SMILES string of the molecule is COc1ccc2c(c1)C(CCCNC(=O)CC1CCC1)c1cc(OC)ccc1-2. The van der Waals surface area contributed by atoms with Gasteiger partial charge in [-0.25, -0.2) is 0 Å². The fraction of sp³-hybridized carbons (Fsp3) is 0.458. The summed E-state index contributed by atoms with van der Waals surface area (Å²) in [6, 6.07) is 12.7. The maximum Gasteiger partial charge on any atom is 0.220 e. The topological polar surface area (TPSA) is 47.6 Å². The van der Waals surface area contributed by atoms with E-state index in [1.54, 1.807) is 14.2 Å². The first-order valence-electron chi connectivity index (χ1n) is 10.3. The zero-order valence-electron chi connectivity index (χ0n) is 16.8. The number of methoxy groups -OCH3 is 2. The van der Waals surface area contributed by atoms with E-state index >= 15 is 0 Å². The number of amides is 1. The molecule has 0 aliphatic heterocycles. The van der Waals surface area contributed by atoms with E-state index in [0.717, 1.165) is 30.9 Å². The van der Waals surface area contributed by atoms with Crippen molar-refractivity contribution in [1.82, 2.24) is 5.32 Å². The minimum Gasteiger partial charge on any atom is -0.497 e. The van der Waals surface area contributed by atoms with Gasteiger partial charge in [-0.1, -0.05) is 18.6 Å². The van der Waals surface area contributed by atoms with E-state index in [0.29, 0.717) is 18.3 Å². The third-order valence-corrected chi connectivity index (χ3v) is 6.25. The normalized spacial score (nSPS) is 15.5. The van der Waals surface area contributed by atoms with Crippen LogP contribution in [0.1, 0.15) is 55.6 Å². The quantitative estimate of drug-likeness (QED) is 0.664. The average Bonchev–Trinajstić information content (AvgIpc) is 3.00. The van der Waals surface area contributed by atoms with Crippen LogP contribution in [0.25, 0.3) is 11.1 Å². The lowest BCUT2D eigenvalue weighted by molar-refractivity contribution is -0.122. The molecule has 0 radical (unpaired) electrons. The lowest BCUT2D eigenvalue weighted by Crippen LogP contribution is -2.28. The van der Waals surface area contributed by atoms with Gasteiger partial charge in [0.1, 0.15) is 11.5 Å². The first-order valence-corrected chi connectivity index (χ1v) is 10.3. The summed E-state index contributed by atoms with van der Waals surface area (Å²) < 4.78 is 10.9. The van der Waals surface area contributed by atoms with Gasteiger partial charge in [0.05, 0.1) is 14.2 Å². The van der Waals surface area contributed by atoms with Gasteiger partial charge in [0.2, 0.25) is 5.91 Å². The van der Waals surface area contributed by atoms with Crippen molar-refractivity contribution in [2.24, 2.45) is 5.92 Å². The largest absolute Gasteiger partial charge is 0.497 e. The maximum atomic E-state index is 12.1. The van der Waals surface area contributed by atoms with Gasteiger partial charge in [-0.2, -0.15) is 0 Å². The summed E-state index contributed by atoms with van der Waals surface area (Å²) in [4.78, 5) is 12.1. The second-order valence-corrected chi connectivity index (χ2v) is 7.95. The van der Waals surface area contributed by atoms with Gasteiger partial charge in [-0.3, -0.25) is 4.79 Å². The minimum atomic E-state index is 0.209. The van der Waals surface area contributed by atoms with Crippen molar-refractivity contribution in [3.8, 4) is 22.6 Å². The van der Waals surface area contributed by atoms with E-state index < -0.39 is 0 Å². The molecule has 2 aliphatic rings. The van der Waals surface area contributed by atoms with Crippen molar-refractivity contribution in [3.05, 3.63) is 47.5 Å². The lowest BCUT2D eigenvalue weighted by Gasteiger charge is -2.24.